The summed E-state index contributed by atoms with van der Waals surface area (Å²) in [5, 5.41) is 12.3. The second kappa shape index (κ2) is 9.91. The molecule has 0 bridgehead atoms. The number of rotatable bonds is 7. The number of nitrogens with two attached hydrogens (primary N) is 1. The van der Waals surface area contributed by atoms with E-state index in [0.717, 1.165) is 24.2 Å². The number of hydrogen-bond acceptors (Lipinski definition) is 6. The fourth-order valence-corrected chi connectivity index (χ4v) is 4.32. The van der Waals surface area contributed by atoms with Crippen LogP contribution in [0.5, 0.6) is 0 Å². The van der Waals surface area contributed by atoms with Gasteiger partial charge in [0.05, 0.1) is 17.8 Å². The Kier molecular flexibility index (Phi) is 6.79. The van der Waals surface area contributed by atoms with Gasteiger partial charge in [-0.15, -0.1) is 0 Å². The summed E-state index contributed by atoms with van der Waals surface area (Å²) >= 11 is 0. The smallest absolute Gasteiger partial charge is 0.272 e. The van der Waals surface area contributed by atoms with Gasteiger partial charge in [0.15, 0.2) is 5.69 Å². The van der Waals surface area contributed by atoms with Gasteiger partial charge in [-0.3, -0.25) is 9.79 Å². The normalized spacial score (nSPS) is 15.4. The Morgan fingerprint density at radius 3 is 2.85 bits per heavy atom. The first-order valence-electron chi connectivity index (χ1n) is 11.0. The van der Waals surface area contributed by atoms with Crippen molar-refractivity contribution in [3.63, 3.8) is 0 Å². The zero-order chi connectivity index (χ0) is 23.4. The quantitative estimate of drug-likeness (QED) is 0.411. The van der Waals surface area contributed by atoms with Crippen molar-refractivity contribution in [2.24, 2.45) is 10.7 Å². The lowest BCUT2D eigenvalue weighted by Crippen LogP contribution is -2.24. The number of aromatic nitrogens is 3. The van der Waals surface area contributed by atoms with Gasteiger partial charge in [-0.2, -0.15) is 0 Å². The van der Waals surface area contributed by atoms with Gasteiger partial charge in [0, 0.05) is 37.5 Å². The van der Waals surface area contributed by atoms with E-state index in [2.05, 4.69) is 25.3 Å². The van der Waals surface area contributed by atoms with Gasteiger partial charge in [-0.05, 0) is 48.2 Å². The molecule has 1 aromatic carbocycles. The third-order valence-corrected chi connectivity index (χ3v) is 6.00. The number of benzene rings is 1. The average molecular weight is 451 g/mol. The molecule has 1 amide bonds. The largest absolute Gasteiger partial charge is 0.404 e. The summed E-state index contributed by atoms with van der Waals surface area (Å²) in [6.07, 6.45) is 7.42. The monoisotopic (exact) mass is 450 g/mol. The number of aliphatic imine (C=N–C) groups is 1. The Bertz CT molecular complexity index is 1230. The number of amides is 1. The molecule has 8 nitrogen and oxygen atoms in total. The van der Waals surface area contributed by atoms with Crippen LogP contribution in [0.2, 0.25) is 0 Å². The number of aliphatic hydroxyl groups excluding tert-OH is 1. The van der Waals surface area contributed by atoms with E-state index in [1.165, 1.54) is 38.2 Å². The number of carbonyl (C=O) groups is 1. The van der Waals surface area contributed by atoms with Crippen molar-refractivity contribution in [1.82, 2.24) is 20.3 Å². The molecule has 2 heterocycles. The molecule has 0 saturated heterocycles. The number of nitrogens with one attached hydrogen (secondary N) is 2. The van der Waals surface area contributed by atoms with Crippen molar-refractivity contribution in [3.8, 4) is 0 Å². The maximum absolute atomic E-state index is 14.3. The number of aliphatic hydroxyl groups is 1. The molecule has 0 radical (unpaired) electrons. The highest BCUT2D eigenvalue weighted by Gasteiger charge is 2.22. The van der Waals surface area contributed by atoms with Crippen LogP contribution in [0, 0.1) is 5.82 Å². The van der Waals surface area contributed by atoms with Crippen molar-refractivity contribution >= 4 is 28.2 Å². The van der Waals surface area contributed by atoms with Crippen LogP contribution in [0.4, 0.5) is 4.39 Å². The highest BCUT2D eigenvalue weighted by molar-refractivity contribution is 6.24. The van der Waals surface area contributed by atoms with Crippen LogP contribution in [0.1, 0.15) is 59.0 Å². The average Bonchev–Trinajstić information content (AvgIpc) is 3.50. The van der Waals surface area contributed by atoms with Crippen molar-refractivity contribution in [1.29, 1.82) is 0 Å². The Balaban J connectivity index is 1.54. The van der Waals surface area contributed by atoms with Crippen LogP contribution >= 0.6 is 0 Å². The van der Waals surface area contributed by atoms with E-state index in [0.29, 0.717) is 33.8 Å². The molecule has 3 aromatic rings. The lowest BCUT2D eigenvalue weighted by molar-refractivity contribution is 0.0947. The highest BCUT2D eigenvalue weighted by Crippen LogP contribution is 2.33. The maximum Gasteiger partial charge on any atom is 0.272 e. The van der Waals surface area contributed by atoms with Crippen molar-refractivity contribution in [3.05, 3.63) is 65.1 Å². The number of nitrogens with zero attached hydrogens (tertiary/aromatic N) is 3. The number of pyridine rings is 1. The first-order valence-corrected chi connectivity index (χ1v) is 11.0. The van der Waals surface area contributed by atoms with E-state index in [9.17, 15) is 14.3 Å². The SMILES string of the molecule is CN=C(CO)C(=CN)c1cc(F)cc(CNC(=O)c2nccc3[nH]c(C4CCCC4)nc23)c1. The molecule has 9 heteroatoms. The first kappa shape index (κ1) is 22.6. The molecule has 5 N–H and O–H groups in total. The number of carbonyl (C=O) groups excluding carboxylic acids is 1. The van der Waals surface area contributed by atoms with E-state index >= 15 is 0 Å². The molecule has 2 aromatic heterocycles. The molecule has 33 heavy (non-hydrogen) atoms. The molecular formula is C24H27FN6O2. The molecule has 1 aliphatic rings. The summed E-state index contributed by atoms with van der Waals surface area (Å²) in [7, 11) is 1.52. The Morgan fingerprint density at radius 1 is 1.36 bits per heavy atom. The van der Waals surface area contributed by atoms with Gasteiger partial charge in [0.2, 0.25) is 0 Å². The summed E-state index contributed by atoms with van der Waals surface area (Å²) in [6, 6.07) is 6.15. The molecule has 0 unspecified atom stereocenters. The van der Waals surface area contributed by atoms with E-state index in [1.807, 2.05) is 6.07 Å². The maximum atomic E-state index is 14.3. The summed E-state index contributed by atoms with van der Waals surface area (Å²) < 4.78 is 14.3. The van der Waals surface area contributed by atoms with Gasteiger partial charge in [-0.1, -0.05) is 12.8 Å². The predicted octanol–water partition coefficient (Wildman–Crippen LogP) is 3.05. The highest BCUT2D eigenvalue weighted by atomic mass is 19.1. The van der Waals surface area contributed by atoms with Gasteiger partial charge < -0.3 is 21.1 Å². The molecule has 4 rings (SSSR count). The second-order valence-electron chi connectivity index (χ2n) is 8.10. The fraction of sp³-hybridized carbons (Fsp3) is 0.333. The van der Waals surface area contributed by atoms with E-state index in [1.54, 1.807) is 12.3 Å². The number of aromatic amines is 1. The lowest BCUT2D eigenvalue weighted by Gasteiger charge is -2.11. The van der Waals surface area contributed by atoms with Crippen molar-refractivity contribution < 1.29 is 14.3 Å². The van der Waals surface area contributed by atoms with Crippen LogP contribution in [0.25, 0.3) is 16.6 Å². The molecule has 0 spiro atoms. The minimum absolute atomic E-state index is 0.0805. The van der Waals surface area contributed by atoms with Gasteiger partial charge in [-0.25, -0.2) is 14.4 Å². The predicted molar refractivity (Wildman–Crippen MR) is 125 cm³/mol. The van der Waals surface area contributed by atoms with Crippen LogP contribution in [0.3, 0.4) is 0 Å². The van der Waals surface area contributed by atoms with E-state index in [4.69, 9.17) is 5.73 Å². The number of hydrogen-bond donors (Lipinski definition) is 4. The van der Waals surface area contributed by atoms with E-state index < -0.39 is 11.7 Å². The lowest BCUT2D eigenvalue weighted by atomic mass is 9.99. The molecule has 0 atom stereocenters. The van der Waals surface area contributed by atoms with Crippen LogP contribution in [-0.2, 0) is 6.54 Å². The number of halogens is 1. The van der Waals surface area contributed by atoms with Crippen LogP contribution in [0.15, 0.2) is 41.7 Å². The molecule has 172 valence electrons. The molecule has 1 aliphatic carbocycles. The Hall–Kier alpha value is -3.59. The minimum atomic E-state index is -0.488. The summed E-state index contributed by atoms with van der Waals surface area (Å²) in [4.78, 5) is 29.2. The number of fused-ring (bicyclic) bond motifs is 1. The molecule has 1 fully saturated rings. The van der Waals surface area contributed by atoms with Crippen LogP contribution in [-0.4, -0.2) is 45.3 Å². The van der Waals surface area contributed by atoms with Crippen molar-refractivity contribution in [2.75, 3.05) is 13.7 Å². The standard InChI is InChI=1S/C24H27FN6O2/c1-27-20(13-32)18(11-26)16-8-14(9-17(25)10-16)12-29-24(33)22-21-19(6-7-28-22)30-23(31-21)15-4-2-3-5-15/h6-11,15,32H,2-5,12-13,26H2,1H3,(H,29,33)(H,30,31). The third-order valence-electron chi connectivity index (χ3n) is 6.00. The molecule has 1 saturated carbocycles. The zero-order valence-electron chi connectivity index (χ0n) is 18.4. The Morgan fingerprint density at radius 2 is 2.15 bits per heavy atom. The van der Waals surface area contributed by atoms with Crippen molar-refractivity contribution in [2.45, 2.75) is 38.1 Å². The van der Waals surface area contributed by atoms with Crippen LogP contribution < -0.4 is 11.1 Å². The zero-order valence-corrected chi connectivity index (χ0v) is 18.4. The fourth-order valence-electron chi connectivity index (χ4n) is 4.32. The molecular weight excluding hydrogens is 423 g/mol. The Labute approximate surface area is 190 Å². The summed E-state index contributed by atoms with van der Waals surface area (Å²) in [6.45, 7) is -0.249. The summed E-state index contributed by atoms with van der Waals surface area (Å²) in [5.41, 5.74) is 9.00. The summed E-state index contributed by atoms with van der Waals surface area (Å²) in [5.74, 6) is 0.409. The first-order chi connectivity index (χ1) is 16.0. The topological polar surface area (TPSA) is 129 Å². The van der Waals surface area contributed by atoms with Gasteiger partial charge in [0.25, 0.3) is 5.91 Å². The minimum Gasteiger partial charge on any atom is -0.404 e. The second-order valence-corrected chi connectivity index (χ2v) is 8.10. The van der Waals surface area contributed by atoms with Gasteiger partial charge >= 0.3 is 0 Å². The molecule has 0 aliphatic heterocycles. The third kappa shape index (κ3) is 4.78. The number of imidazole rings is 1. The number of H-pyrrole nitrogens is 1. The van der Waals surface area contributed by atoms with E-state index in [-0.39, 0.29) is 18.8 Å². The van der Waals surface area contributed by atoms with Gasteiger partial charge in [0.1, 0.15) is 17.2 Å².